The number of alkyl halides is 3. The number of carbonyl (C=O) groups excluding carboxylic acids is 1. The SMILES string of the molecule is O=C(Cc1cccc(C(F)(F)F)n1)NC1CC(C(=O)O)c2ccccc21. The lowest BCUT2D eigenvalue weighted by atomic mass is 10.0. The molecule has 1 heterocycles. The van der Waals surface area contributed by atoms with Gasteiger partial charge in [-0.2, -0.15) is 13.2 Å². The molecule has 1 aromatic carbocycles. The van der Waals surface area contributed by atoms with Gasteiger partial charge in [-0.3, -0.25) is 9.59 Å². The van der Waals surface area contributed by atoms with Gasteiger partial charge in [-0.25, -0.2) is 4.98 Å². The van der Waals surface area contributed by atoms with Gasteiger partial charge in [0.05, 0.1) is 24.1 Å². The zero-order valence-corrected chi connectivity index (χ0v) is 13.5. The highest BCUT2D eigenvalue weighted by Gasteiger charge is 2.36. The topological polar surface area (TPSA) is 79.3 Å². The Balaban J connectivity index is 1.72. The highest BCUT2D eigenvalue weighted by Crippen LogP contribution is 2.40. The first kappa shape index (κ1) is 17.9. The van der Waals surface area contributed by atoms with Gasteiger partial charge >= 0.3 is 12.1 Å². The second-order valence-corrected chi connectivity index (χ2v) is 6.06. The number of hydrogen-bond donors (Lipinski definition) is 2. The molecule has 26 heavy (non-hydrogen) atoms. The first-order chi connectivity index (χ1) is 12.3. The van der Waals surface area contributed by atoms with Gasteiger partial charge in [0, 0.05) is 0 Å². The summed E-state index contributed by atoms with van der Waals surface area (Å²) in [6, 6.07) is 9.81. The van der Waals surface area contributed by atoms with Crippen LogP contribution in [0.25, 0.3) is 0 Å². The summed E-state index contributed by atoms with van der Waals surface area (Å²) in [7, 11) is 0. The molecule has 2 N–H and O–H groups in total. The number of aliphatic carboxylic acids is 1. The predicted molar refractivity (Wildman–Crippen MR) is 85.3 cm³/mol. The highest BCUT2D eigenvalue weighted by atomic mass is 19.4. The maximum absolute atomic E-state index is 12.7. The van der Waals surface area contributed by atoms with Crippen LogP contribution in [0.3, 0.4) is 0 Å². The Kier molecular flexibility index (Phi) is 4.67. The van der Waals surface area contributed by atoms with Gasteiger partial charge in [-0.05, 0) is 29.7 Å². The molecule has 8 heteroatoms. The van der Waals surface area contributed by atoms with Crippen LogP contribution in [0.4, 0.5) is 13.2 Å². The van der Waals surface area contributed by atoms with Crippen molar-refractivity contribution in [2.24, 2.45) is 0 Å². The molecule has 1 aliphatic carbocycles. The van der Waals surface area contributed by atoms with Crippen molar-refractivity contribution < 1.29 is 27.9 Å². The third kappa shape index (κ3) is 3.68. The molecule has 1 aliphatic rings. The molecule has 0 bridgehead atoms. The zero-order valence-electron chi connectivity index (χ0n) is 13.5. The van der Waals surface area contributed by atoms with Crippen LogP contribution in [-0.4, -0.2) is 22.0 Å². The number of fused-ring (bicyclic) bond motifs is 1. The van der Waals surface area contributed by atoms with Gasteiger partial charge in [0.15, 0.2) is 0 Å². The Morgan fingerprint density at radius 1 is 1.12 bits per heavy atom. The van der Waals surface area contributed by atoms with Crippen LogP contribution in [0.1, 0.15) is 40.9 Å². The summed E-state index contributed by atoms with van der Waals surface area (Å²) >= 11 is 0. The van der Waals surface area contributed by atoms with Crippen molar-refractivity contribution >= 4 is 11.9 Å². The minimum atomic E-state index is -4.58. The summed E-state index contributed by atoms with van der Waals surface area (Å²) in [5, 5.41) is 12.0. The number of halogens is 3. The number of benzene rings is 1. The molecule has 1 amide bonds. The number of nitrogens with one attached hydrogen (secondary N) is 1. The van der Waals surface area contributed by atoms with Crippen LogP contribution in [0.5, 0.6) is 0 Å². The lowest BCUT2D eigenvalue weighted by molar-refractivity contribution is -0.141. The van der Waals surface area contributed by atoms with E-state index in [9.17, 15) is 27.9 Å². The number of aromatic nitrogens is 1. The van der Waals surface area contributed by atoms with Crippen molar-refractivity contribution in [3.8, 4) is 0 Å². The Morgan fingerprint density at radius 3 is 2.46 bits per heavy atom. The summed E-state index contributed by atoms with van der Waals surface area (Å²) in [4.78, 5) is 27.1. The van der Waals surface area contributed by atoms with Crippen LogP contribution < -0.4 is 5.32 Å². The lowest BCUT2D eigenvalue weighted by Crippen LogP contribution is -2.29. The molecule has 3 rings (SSSR count). The van der Waals surface area contributed by atoms with E-state index in [0.29, 0.717) is 11.1 Å². The number of carbonyl (C=O) groups is 2. The Hall–Kier alpha value is -2.90. The fourth-order valence-electron chi connectivity index (χ4n) is 3.15. The van der Waals surface area contributed by atoms with Crippen molar-refractivity contribution in [3.63, 3.8) is 0 Å². The van der Waals surface area contributed by atoms with Gasteiger partial charge in [-0.1, -0.05) is 30.3 Å². The largest absolute Gasteiger partial charge is 0.481 e. The molecule has 5 nitrogen and oxygen atoms in total. The van der Waals surface area contributed by atoms with Crippen LogP contribution in [-0.2, 0) is 22.2 Å². The van der Waals surface area contributed by atoms with E-state index in [0.717, 1.165) is 6.07 Å². The summed E-state index contributed by atoms with van der Waals surface area (Å²) in [5.41, 5.74) is 0.297. The van der Waals surface area contributed by atoms with Crippen molar-refractivity contribution in [2.75, 3.05) is 0 Å². The quantitative estimate of drug-likeness (QED) is 0.874. The molecule has 136 valence electrons. The number of hydrogen-bond acceptors (Lipinski definition) is 3. The third-order valence-corrected chi connectivity index (χ3v) is 4.29. The Morgan fingerprint density at radius 2 is 1.81 bits per heavy atom. The van der Waals surface area contributed by atoms with Gasteiger partial charge in [0.2, 0.25) is 5.91 Å². The fraction of sp³-hybridized carbons (Fsp3) is 0.278. The molecule has 1 aromatic heterocycles. The van der Waals surface area contributed by atoms with E-state index in [1.54, 1.807) is 24.3 Å². The van der Waals surface area contributed by atoms with Crippen molar-refractivity contribution in [1.29, 1.82) is 0 Å². The molecule has 0 aliphatic heterocycles. The van der Waals surface area contributed by atoms with Crippen molar-refractivity contribution in [3.05, 3.63) is 65.0 Å². The lowest BCUT2D eigenvalue weighted by Gasteiger charge is -2.14. The standard InChI is InChI=1S/C18H15F3N2O3/c19-18(20,21)15-7-3-4-10(22-15)8-16(24)23-14-9-13(17(25)26)11-5-1-2-6-12(11)14/h1-7,13-14H,8-9H2,(H,23,24)(H,25,26). The first-order valence-electron chi connectivity index (χ1n) is 7.90. The second kappa shape index (κ2) is 6.78. The van der Waals surface area contributed by atoms with Crippen LogP contribution in [0.2, 0.25) is 0 Å². The summed E-state index contributed by atoms with van der Waals surface area (Å²) < 4.78 is 38.1. The zero-order chi connectivity index (χ0) is 18.9. The molecule has 0 radical (unpaired) electrons. The molecule has 2 unspecified atom stereocenters. The number of pyridine rings is 1. The number of carboxylic acids is 1. The van der Waals surface area contributed by atoms with E-state index in [2.05, 4.69) is 10.3 Å². The van der Waals surface area contributed by atoms with Crippen LogP contribution in [0.15, 0.2) is 42.5 Å². The minimum absolute atomic E-state index is 0.00149. The molecule has 0 fully saturated rings. The normalized spacial score (nSPS) is 19.0. The van der Waals surface area contributed by atoms with Gasteiger partial charge in [0.25, 0.3) is 0 Å². The third-order valence-electron chi connectivity index (χ3n) is 4.29. The first-order valence-corrected chi connectivity index (χ1v) is 7.90. The van der Waals surface area contributed by atoms with E-state index >= 15 is 0 Å². The Labute approximate surface area is 146 Å². The maximum atomic E-state index is 12.7. The number of nitrogens with zero attached hydrogens (tertiary/aromatic N) is 1. The van der Waals surface area contributed by atoms with Crippen molar-refractivity contribution in [1.82, 2.24) is 10.3 Å². The van der Waals surface area contributed by atoms with Gasteiger partial charge in [0.1, 0.15) is 5.69 Å². The minimum Gasteiger partial charge on any atom is -0.481 e. The van der Waals surface area contributed by atoms with E-state index in [4.69, 9.17) is 0 Å². The summed E-state index contributed by atoms with van der Waals surface area (Å²) in [6.45, 7) is 0. The van der Waals surface area contributed by atoms with Gasteiger partial charge < -0.3 is 10.4 Å². The predicted octanol–water partition coefficient (Wildman–Crippen LogP) is 3.07. The number of rotatable bonds is 4. The molecule has 0 saturated carbocycles. The number of carboxylic acid groups (broad SMARTS) is 1. The Bertz CT molecular complexity index is 852. The van der Waals surface area contributed by atoms with E-state index in [1.165, 1.54) is 12.1 Å². The smallest absolute Gasteiger partial charge is 0.433 e. The second-order valence-electron chi connectivity index (χ2n) is 6.06. The maximum Gasteiger partial charge on any atom is 0.433 e. The molecule has 2 atom stereocenters. The summed E-state index contributed by atoms with van der Waals surface area (Å²) in [5.74, 6) is -2.21. The molecule has 0 spiro atoms. The van der Waals surface area contributed by atoms with Gasteiger partial charge in [-0.15, -0.1) is 0 Å². The summed E-state index contributed by atoms with van der Waals surface area (Å²) in [6.07, 6.45) is -4.69. The average molecular weight is 364 g/mol. The monoisotopic (exact) mass is 364 g/mol. The average Bonchev–Trinajstić information content (AvgIpc) is 2.93. The molecular weight excluding hydrogens is 349 g/mol. The van der Waals surface area contributed by atoms with Crippen molar-refractivity contribution in [2.45, 2.75) is 31.0 Å². The number of amides is 1. The van der Waals surface area contributed by atoms with E-state index in [-0.39, 0.29) is 18.5 Å². The van der Waals surface area contributed by atoms with E-state index < -0.39 is 35.7 Å². The van der Waals surface area contributed by atoms with E-state index in [1.807, 2.05) is 0 Å². The van der Waals surface area contributed by atoms with Crippen LogP contribution >= 0.6 is 0 Å². The highest BCUT2D eigenvalue weighted by molar-refractivity contribution is 5.81. The molecule has 0 saturated heterocycles. The molecule has 2 aromatic rings. The van der Waals surface area contributed by atoms with Crippen LogP contribution in [0, 0.1) is 0 Å². The fourth-order valence-corrected chi connectivity index (χ4v) is 3.15. The molecular formula is C18H15F3N2O3.